The number of hydrogen-bond acceptors (Lipinski definition) is 0. The standard InChI is InChI=1S/C28H20F2/c1-19-7-11-21(12-8-19)13-16-22-17-18-26(25-6-4-3-5-24(22)25)28(30)27(29)23-14-9-20(2)10-15-23/h3-12,14-15,17-18H,1-2H3/b28-27+. The molecule has 0 saturated heterocycles. The highest BCUT2D eigenvalue weighted by atomic mass is 19.2. The highest BCUT2D eigenvalue weighted by Gasteiger charge is 2.15. The zero-order valence-electron chi connectivity index (χ0n) is 16.8. The van der Waals surface area contributed by atoms with E-state index in [2.05, 4.69) is 11.8 Å². The maximum atomic E-state index is 15.1. The van der Waals surface area contributed by atoms with Crippen molar-refractivity contribution in [1.82, 2.24) is 0 Å². The molecule has 0 heterocycles. The van der Waals surface area contributed by atoms with Crippen LogP contribution < -0.4 is 0 Å². The molecule has 0 aliphatic rings. The minimum absolute atomic E-state index is 0.226. The SMILES string of the molecule is Cc1ccc(C#Cc2ccc(/C(F)=C(\F)c3ccc(C)cc3)c3ccccc23)cc1. The first-order valence-electron chi connectivity index (χ1n) is 9.76. The summed E-state index contributed by atoms with van der Waals surface area (Å²) in [6.07, 6.45) is 0. The summed E-state index contributed by atoms with van der Waals surface area (Å²) in [5.41, 5.74) is 4.31. The van der Waals surface area contributed by atoms with Gasteiger partial charge in [0.05, 0.1) is 0 Å². The normalized spacial score (nSPS) is 11.6. The molecule has 0 radical (unpaired) electrons. The molecule has 146 valence electrons. The zero-order chi connectivity index (χ0) is 21.1. The zero-order valence-corrected chi connectivity index (χ0v) is 16.8. The average molecular weight is 394 g/mol. The van der Waals surface area contributed by atoms with E-state index in [1.165, 1.54) is 5.56 Å². The van der Waals surface area contributed by atoms with Crippen molar-refractivity contribution in [2.45, 2.75) is 13.8 Å². The molecular weight excluding hydrogens is 374 g/mol. The van der Waals surface area contributed by atoms with E-state index < -0.39 is 11.7 Å². The third kappa shape index (κ3) is 4.02. The van der Waals surface area contributed by atoms with E-state index in [4.69, 9.17) is 0 Å². The highest BCUT2D eigenvalue weighted by Crippen LogP contribution is 2.34. The van der Waals surface area contributed by atoms with Gasteiger partial charge in [0.2, 0.25) is 0 Å². The first kappa shape index (κ1) is 19.6. The molecule has 4 aromatic carbocycles. The van der Waals surface area contributed by atoms with E-state index >= 15 is 4.39 Å². The van der Waals surface area contributed by atoms with Crippen LogP contribution in [0.2, 0.25) is 0 Å². The lowest BCUT2D eigenvalue weighted by Gasteiger charge is -2.08. The second-order valence-corrected chi connectivity index (χ2v) is 7.32. The lowest BCUT2D eigenvalue weighted by atomic mass is 9.97. The Morgan fingerprint density at radius 3 is 1.87 bits per heavy atom. The molecule has 0 spiro atoms. The molecule has 0 saturated carbocycles. The first-order chi connectivity index (χ1) is 14.5. The van der Waals surface area contributed by atoms with Gasteiger partial charge in [0.25, 0.3) is 0 Å². The van der Waals surface area contributed by atoms with Gasteiger partial charge < -0.3 is 0 Å². The van der Waals surface area contributed by atoms with Crippen LogP contribution in [0.15, 0.2) is 84.9 Å². The van der Waals surface area contributed by atoms with Gasteiger partial charge in [0, 0.05) is 22.3 Å². The molecule has 4 rings (SSSR count). The molecule has 0 fully saturated rings. The molecule has 2 heteroatoms. The number of fused-ring (bicyclic) bond motifs is 1. The van der Waals surface area contributed by atoms with Crippen LogP contribution in [0.3, 0.4) is 0 Å². The first-order valence-corrected chi connectivity index (χ1v) is 9.76. The summed E-state index contributed by atoms with van der Waals surface area (Å²) in [5, 5.41) is 1.43. The average Bonchev–Trinajstić information content (AvgIpc) is 2.78. The van der Waals surface area contributed by atoms with Crippen molar-refractivity contribution in [2.75, 3.05) is 0 Å². The van der Waals surface area contributed by atoms with Crippen LogP contribution in [0, 0.1) is 25.7 Å². The highest BCUT2D eigenvalue weighted by molar-refractivity contribution is 6.00. The molecule has 0 nitrogen and oxygen atoms in total. The van der Waals surface area contributed by atoms with Crippen molar-refractivity contribution in [1.29, 1.82) is 0 Å². The second-order valence-electron chi connectivity index (χ2n) is 7.32. The van der Waals surface area contributed by atoms with Gasteiger partial charge in [-0.2, -0.15) is 0 Å². The van der Waals surface area contributed by atoms with Gasteiger partial charge in [-0.3, -0.25) is 0 Å². The number of aryl methyl sites for hydroxylation is 2. The predicted octanol–water partition coefficient (Wildman–Crippen LogP) is 7.62. The Hall–Kier alpha value is -3.70. The van der Waals surface area contributed by atoms with Gasteiger partial charge in [0.15, 0.2) is 11.7 Å². The van der Waals surface area contributed by atoms with Crippen LogP contribution in [0.1, 0.15) is 33.4 Å². The smallest absolute Gasteiger partial charge is 0.167 e. The largest absolute Gasteiger partial charge is 0.203 e. The predicted molar refractivity (Wildman–Crippen MR) is 121 cm³/mol. The van der Waals surface area contributed by atoms with Crippen molar-refractivity contribution < 1.29 is 8.78 Å². The number of halogens is 2. The van der Waals surface area contributed by atoms with Crippen LogP contribution >= 0.6 is 0 Å². The fraction of sp³-hybridized carbons (Fsp3) is 0.0714. The van der Waals surface area contributed by atoms with Gasteiger partial charge in [0.1, 0.15) is 0 Å². The fourth-order valence-electron chi connectivity index (χ4n) is 3.32. The third-order valence-electron chi connectivity index (χ3n) is 5.05. The minimum atomic E-state index is -0.868. The van der Waals surface area contributed by atoms with Crippen LogP contribution in [0.4, 0.5) is 8.78 Å². The van der Waals surface area contributed by atoms with Gasteiger partial charge in [-0.05, 0) is 42.8 Å². The van der Waals surface area contributed by atoms with E-state index in [0.29, 0.717) is 5.39 Å². The van der Waals surface area contributed by atoms with E-state index in [0.717, 1.165) is 22.1 Å². The van der Waals surface area contributed by atoms with Crippen molar-refractivity contribution >= 4 is 22.4 Å². The molecular formula is C28H20F2. The van der Waals surface area contributed by atoms with Gasteiger partial charge in [-0.25, -0.2) is 8.78 Å². The minimum Gasteiger partial charge on any atom is -0.203 e. The second kappa shape index (κ2) is 8.35. The topological polar surface area (TPSA) is 0 Å². The molecule has 30 heavy (non-hydrogen) atoms. The Morgan fingerprint density at radius 2 is 1.20 bits per heavy atom. The number of rotatable bonds is 2. The van der Waals surface area contributed by atoms with Crippen LogP contribution in [-0.4, -0.2) is 0 Å². The number of benzene rings is 4. The van der Waals surface area contributed by atoms with Crippen molar-refractivity contribution in [3.8, 4) is 11.8 Å². The summed E-state index contributed by atoms with van der Waals surface area (Å²) in [4.78, 5) is 0. The maximum Gasteiger partial charge on any atom is 0.167 e. The van der Waals surface area contributed by atoms with Gasteiger partial charge in [-0.15, -0.1) is 0 Å². The summed E-state index contributed by atoms with van der Waals surface area (Å²) in [6, 6.07) is 25.4. The lowest BCUT2D eigenvalue weighted by molar-refractivity contribution is 0.701. The third-order valence-corrected chi connectivity index (χ3v) is 5.05. The fourth-order valence-corrected chi connectivity index (χ4v) is 3.32. The lowest BCUT2D eigenvalue weighted by Crippen LogP contribution is -1.89. The van der Waals surface area contributed by atoms with Crippen LogP contribution in [0.25, 0.3) is 22.4 Å². The molecule has 0 N–H and O–H groups in total. The van der Waals surface area contributed by atoms with Crippen molar-refractivity contribution in [2.24, 2.45) is 0 Å². The summed E-state index contributed by atoms with van der Waals surface area (Å²) >= 11 is 0. The summed E-state index contributed by atoms with van der Waals surface area (Å²) in [5.74, 6) is 4.60. The molecule has 4 aromatic rings. The quantitative estimate of drug-likeness (QED) is 0.242. The molecule has 0 atom stereocenters. The molecule has 0 aromatic heterocycles. The van der Waals surface area contributed by atoms with Crippen molar-refractivity contribution in [3.05, 3.63) is 118 Å². The van der Waals surface area contributed by atoms with Gasteiger partial charge >= 0.3 is 0 Å². The van der Waals surface area contributed by atoms with Crippen LogP contribution in [-0.2, 0) is 0 Å². The molecule has 0 unspecified atom stereocenters. The summed E-state index contributed by atoms with van der Waals surface area (Å²) in [6.45, 7) is 3.94. The van der Waals surface area contributed by atoms with Crippen LogP contribution in [0.5, 0.6) is 0 Å². The summed E-state index contributed by atoms with van der Waals surface area (Å²) < 4.78 is 30.0. The monoisotopic (exact) mass is 394 g/mol. The molecule has 0 aliphatic heterocycles. The van der Waals surface area contributed by atoms with E-state index in [1.807, 2.05) is 56.3 Å². The maximum absolute atomic E-state index is 15.1. The Labute approximate surface area is 175 Å². The molecule has 0 bridgehead atoms. The molecule has 0 amide bonds. The Balaban J connectivity index is 1.80. The van der Waals surface area contributed by atoms with Crippen molar-refractivity contribution in [3.63, 3.8) is 0 Å². The van der Waals surface area contributed by atoms with Gasteiger partial charge in [-0.1, -0.05) is 89.7 Å². The Morgan fingerprint density at radius 1 is 0.600 bits per heavy atom. The Bertz CT molecular complexity index is 1300. The Kier molecular flexibility index (Phi) is 5.46. The van der Waals surface area contributed by atoms with E-state index in [-0.39, 0.29) is 11.1 Å². The molecule has 0 aliphatic carbocycles. The van der Waals surface area contributed by atoms with E-state index in [9.17, 15) is 4.39 Å². The number of hydrogen-bond donors (Lipinski definition) is 0. The van der Waals surface area contributed by atoms with E-state index in [1.54, 1.807) is 42.5 Å². The summed E-state index contributed by atoms with van der Waals surface area (Å²) in [7, 11) is 0.